The Kier molecular flexibility index (Phi) is 7.88. The Bertz CT molecular complexity index is 1130. The molecule has 2 amide bonds. The van der Waals surface area contributed by atoms with E-state index in [0.29, 0.717) is 17.6 Å². The van der Waals surface area contributed by atoms with E-state index in [9.17, 15) is 9.59 Å². The summed E-state index contributed by atoms with van der Waals surface area (Å²) in [5.41, 5.74) is 2.45. The first kappa shape index (κ1) is 26.5. The van der Waals surface area contributed by atoms with E-state index in [0.717, 1.165) is 62.0 Å². The minimum absolute atomic E-state index is 0.0904. The number of carbonyl (C=O) groups is 2. The van der Waals surface area contributed by atoms with Gasteiger partial charge in [0.05, 0.1) is 5.69 Å². The Labute approximate surface area is 227 Å². The van der Waals surface area contributed by atoms with Crippen molar-refractivity contribution in [2.75, 3.05) is 48.3 Å². The van der Waals surface area contributed by atoms with E-state index in [4.69, 9.17) is 4.98 Å². The zero-order valence-electron chi connectivity index (χ0n) is 23.3. The highest BCUT2D eigenvalue weighted by Gasteiger charge is 2.38. The summed E-state index contributed by atoms with van der Waals surface area (Å²) in [6.45, 7) is 9.79. The Morgan fingerprint density at radius 3 is 2.24 bits per heavy atom. The average molecular weight is 519 g/mol. The lowest BCUT2D eigenvalue weighted by Gasteiger charge is -2.43. The Balaban J connectivity index is 1.31. The largest absolute Gasteiger partial charge is 0.340 e. The monoisotopic (exact) mass is 518 g/mol. The molecule has 2 fully saturated rings. The van der Waals surface area contributed by atoms with Crippen LogP contribution in [0.4, 0.5) is 23.0 Å². The van der Waals surface area contributed by atoms with E-state index in [1.807, 2.05) is 55.3 Å². The molecule has 5 rings (SSSR count). The van der Waals surface area contributed by atoms with Crippen molar-refractivity contribution < 1.29 is 9.59 Å². The number of nitrogens with one attached hydrogen (secondary N) is 1. The van der Waals surface area contributed by atoms with Gasteiger partial charge in [0.15, 0.2) is 5.82 Å². The normalized spacial score (nSPS) is 21.4. The molecular formula is C30H42N6O2. The molecule has 1 atom stereocenters. The number of benzene rings is 1. The van der Waals surface area contributed by atoms with Gasteiger partial charge in [-0.1, -0.05) is 25.7 Å². The van der Waals surface area contributed by atoms with Crippen LogP contribution in [0.15, 0.2) is 36.4 Å². The Hall–Kier alpha value is -3.13. The lowest BCUT2D eigenvalue weighted by atomic mass is 10.0. The summed E-state index contributed by atoms with van der Waals surface area (Å²) in [7, 11) is 1.84. The van der Waals surface area contributed by atoms with E-state index in [1.165, 1.54) is 25.7 Å². The SMILES string of the molecule is CC(C)N1CCN(C(=O)c2ccc(Nc3ccc4c(n3)N(C3CCCCCC3)[C@H](C)C(=O)N4C)cc2)CC1. The highest BCUT2D eigenvalue weighted by molar-refractivity contribution is 6.04. The zero-order chi connectivity index (χ0) is 26.8. The molecule has 1 aliphatic carbocycles. The number of carbonyl (C=O) groups excluding carboxylic acids is 2. The first-order valence-corrected chi connectivity index (χ1v) is 14.3. The molecule has 1 aromatic heterocycles. The van der Waals surface area contributed by atoms with E-state index in [2.05, 4.69) is 29.0 Å². The third kappa shape index (κ3) is 5.37. The second-order valence-electron chi connectivity index (χ2n) is 11.3. The molecule has 3 aliphatic rings. The third-order valence-electron chi connectivity index (χ3n) is 8.52. The highest BCUT2D eigenvalue weighted by atomic mass is 16.2. The van der Waals surface area contributed by atoms with Crippen LogP contribution in [0.2, 0.25) is 0 Å². The van der Waals surface area contributed by atoms with Crippen molar-refractivity contribution in [3.63, 3.8) is 0 Å². The second-order valence-corrected chi connectivity index (χ2v) is 11.3. The van der Waals surface area contributed by atoms with E-state index in [-0.39, 0.29) is 17.9 Å². The summed E-state index contributed by atoms with van der Waals surface area (Å²) in [5, 5.41) is 3.42. The number of aromatic nitrogens is 1. The lowest BCUT2D eigenvalue weighted by molar-refractivity contribution is -0.119. The maximum absolute atomic E-state index is 13.1. The van der Waals surface area contributed by atoms with Crippen LogP contribution in [0.3, 0.4) is 0 Å². The number of anilines is 4. The van der Waals surface area contributed by atoms with Gasteiger partial charge in [-0.05, 0) is 70.0 Å². The molecule has 38 heavy (non-hydrogen) atoms. The summed E-state index contributed by atoms with van der Waals surface area (Å²) >= 11 is 0. The van der Waals surface area contributed by atoms with Crippen molar-refractivity contribution in [2.45, 2.75) is 77.4 Å². The minimum atomic E-state index is -0.231. The predicted molar refractivity (Wildman–Crippen MR) is 153 cm³/mol. The van der Waals surface area contributed by atoms with E-state index < -0.39 is 0 Å². The van der Waals surface area contributed by atoms with E-state index >= 15 is 0 Å². The molecule has 2 aliphatic heterocycles. The molecule has 1 saturated heterocycles. The number of rotatable bonds is 5. The zero-order valence-corrected chi connectivity index (χ0v) is 23.3. The van der Waals surface area contributed by atoms with Crippen LogP contribution in [-0.2, 0) is 4.79 Å². The molecule has 1 N–H and O–H groups in total. The first-order valence-electron chi connectivity index (χ1n) is 14.3. The molecule has 0 unspecified atom stereocenters. The van der Waals surface area contributed by atoms with Gasteiger partial charge in [0.2, 0.25) is 5.91 Å². The van der Waals surface area contributed by atoms with Crippen molar-refractivity contribution in [1.82, 2.24) is 14.8 Å². The van der Waals surface area contributed by atoms with Gasteiger partial charge in [-0.3, -0.25) is 14.5 Å². The molecule has 8 nitrogen and oxygen atoms in total. The molecule has 0 radical (unpaired) electrons. The van der Waals surface area contributed by atoms with Crippen LogP contribution in [0, 0.1) is 0 Å². The standard InChI is InChI=1S/C30H42N6O2/c1-21(2)34-17-19-35(20-18-34)30(38)23-11-13-24(14-12-23)31-27-16-15-26-28(32-27)36(22(3)29(37)33(26)4)25-9-7-5-6-8-10-25/h11-16,21-22,25H,5-10,17-20H2,1-4H3,(H,31,32)/t22-/m1/s1. The average Bonchev–Trinajstić information content (AvgIpc) is 3.21. The Morgan fingerprint density at radius 1 is 0.947 bits per heavy atom. The van der Waals surface area contributed by atoms with Crippen LogP contribution in [0.1, 0.15) is 69.7 Å². The van der Waals surface area contributed by atoms with Gasteiger partial charge in [0.1, 0.15) is 11.9 Å². The third-order valence-corrected chi connectivity index (χ3v) is 8.52. The van der Waals surface area contributed by atoms with Gasteiger partial charge < -0.3 is 20.0 Å². The molecule has 2 aromatic rings. The molecule has 1 aromatic carbocycles. The lowest BCUT2D eigenvalue weighted by Crippen LogP contribution is -2.55. The minimum Gasteiger partial charge on any atom is -0.340 e. The molecule has 0 bridgehead atoms. The van der Waals surface area contributed by atoms with Crippen molar-refractivity contribution in [3.05, 3.63) is 42.0 Å². The molecule has 8 heteroatoms. The maximum Gasteiger partial charge on any atom is 0.253 e. The molecule has 1 saturated carbocycles. The smallest absolute Gasteiger partial charge is 0.253 e. The summed E-state index contributed by atoms with van der Waals surface area (Å²) in [5.74, 6) is 1.83. The predicted octanol–water partition coefficient (Wildman–Crippen LogP) is 4.89. The highest BCUT2D eigenvalue weighted by Crippen LogP contribution is 2.39. The van der Waals surface area contributed by atoms with Crippen LogP contribution in [0.5, 0.6) is 0 Å². The fraction of sp³-hybridized carbons (Fsp3) is 0.567. The number of amides is 2. The van der Waals surface area contributed by atoms with Gasteiger partial charge in [-0.25, -0.2) is 4.98 Å². The molecular weight excluding hydrogens is 476 g/mol. The van der Waals surface area contributed by atoms with E-state index in [1.54, 1.807) is 4.90 Å². The van der Waals surface area contributed by atoms with Gasteiger partial charge in [0.25, 0.3) is 5.91 Å². The number of likely N-dealkylation sites (N-methyl/N-ethyl adjacent to an activating group) is 1. The molecule has 0 spiro atoms. The second kappa shape index (κ2) is 11.3. The number of hydrogen-bond acceptors (Lipinski definition) is 6. The van der Waals surface area contributed by atoms with Crippen LogP contribution >= 0.6 is 0 Å². The fourth-order valence-corrected chi connectivity index (χ4v) is 6.16. The van der Waals surface area contributed by atoms with Crippen molar-refractivity contribution >= 4 is 34.8 Å². The van der Waals surface area contributed by atoms with Crippen LogP contribution in [0.25, 0.3) is 0 Å². The van der Waals surface area contributed by atoms with Crippen molar-refractivity contribution in [3.8, 4) is 0 Å². The quantitative estimate of drug-likeness (QED) is 0.569. The molecule has 3 heterocycles. The summed E-state index contributed by atoms with van der Waals surface area (Å²) < 4.78 is 0. The van der Waals surface area contributed by atoms with Crippen molar-refractivity contribution in [2.24, 2.45) is 0 Å². The van der Waals surface area contributed by atoms with Crippen molar-refractivity contribution in [1.29, 1.82) is 0 Å². The number of pyridine rings is 1. The number of piperazine rings is 1. The Morgan fingerprint density at radius 2 is 1.61 bits per heavy atom. The van der Waals surface area contributed by atoms with Gasteiger partial charge in [0, 0.05) is 56.6 Å². The number of hydrogen-bond donors (Lipinski definition) is 1. The summed E-state index contributed by atoms with van der Waals surface area (Å²) in [6, 6.07) is 12.2. The van der Waals surface area contributed by atoms with Crippen LogP contribution in [-0.4, -0.2) is 78.0 Å². The molecule has 204 valence electrons. The fourth-order valence-electron chi connectivity index (χ4n) is 6.16. The van der Waals surface area contributed by atoms with Gasteiger partial charge in [-0.15, -0.1) is 0 Å². The van der Waals surface area contributed by atoms with Gasteiger partial charge in [-0.2, -0.15) is 0 Å². The maximum atomic E-state index is 13.1. The first-order chi connectivity index (χ1) is 18.3. The van der Waals surface area contributed by atoms with Gasteiger partial charge >= 0.3 is 0 Å². The topological polar surface area (TPSA) is 72.0 Å². The summed E-state index contributed by atoms with van der Waals surface area (Å²) in [4.78, 5) is 39.5. The van der Waals surface area contributed by atoms with Crippen LogP contribution < -0.4 is 15.1 Å². The number of fused-ring (bicyclic) bond motifs is 1. The number of nitrogens with zero attached hydrogens (tertiary/aromatic N) is 5. The summed E-state index contributed by atoms with van der Waals surface area (Å²) in [6.07, 6.45) is 7.12.